The maximum Gasteiger partial charge on any atom is 0.326 e. The first kappa shape index (κ1) is 11.9. The number of aliphatic carboxylic acids is 1. The number of carbonyl (C=O) groups is 2. The topological polar surface area (TPSA) is 92.4 Å². The minimum Gasteiger partial charge on any atom is -0.480 e. The summed E-state index contributed by atoms with van der Waals surface area (Å²) in [5, 5.41) is 11.1. The molecule has 0 aliphatic rings. The molecule has 0 bridgehead atoms. The average Bonchev–Trinajstić information content (AvgIpc) is 1.97. The summed E-state index contributed by atoms with van der Waals surface area (Å²) in [6.45, 7) is 4.95. The molecule has 0 aromatic carbocycles. The van der Waals surface area contributed by atoms with Gasteiger partial charge in [-0.2, -0.15) is 0 Å². The van der Waals surface area contributed by atoms with E-state index >= 15 is 0 Å². The third-order valence-electron chi connectivity index (χ3n) is 1.64. The molecule has 0 aliphatic heterocycles. The fraction of sp³-hybridized carbons (Fsp3) is 0.750. The molecule has 5 nitrogen and oxygen atoms in total. The summed E-state index contributed by atoms with van der Waals surface area (Å²) in [6, 6.07) is -1.54. The van der Waals surface area contributed by atoms with Gasteiger partial charge in [-0.05, 0) is 12.8 Å². The number of carbonyl (C=O) groups excluding carboxylic acids is 1. The van der Waals surface area contributed by atoms with E-state index in [2.05, 4.69) is 5.32 Å². The molecule has 2 atom stereocenters. The van der Waals surface area contributed by atoms with Gasteiger partial charge in [0.2, 0.25) is 5.91 Å². The molecule has 4 N–H and O–H groups in total. The average molecular weight is 188 g/mol. The van der Waals surface area contributed by atoms with Crippen molar-refractivity contribution in [2.75, 3.05) is 0 Å². The second-order valence-electron chi connectivity index (χ2n) is 3.36. The van der Waals surface area contributed by atoms with Gasteiger partial charge < -0.3 is 16.2 Å². The van der Waals surface area contributed by atoms with Crippen molar-refractivity contribution in [2.24, 2.45) is 11.7 Å². The van der Waals surface area contributed by atoms with E-state index in [1.165, 1.54) is 6.92 Å². The second-order valence-corrected chi connectivity index (χ2v) is 3.36. The van der Waals surface area contributed by atoms with Crippen molar-refractivity contribution in [1.82, 2.24) is 5.32 Å². The molecule has 0 aromatic rings. The normalized spacial score (nSPS) is 15.2. The Hall–Kier alpha value is -1.10. The molecule has 0 saturated carbocycles. The van der Waals surface area contributed by atoms with Gasteiger partial charge in [0, 0.05) is 0 Å². The second kappa shape index (κ2) is 4.81. The van der Waals surface area contributed by atoms with E-state index in [-0.39, 0.29) is 5.92 Å². The fourth-order valence-corrected chi connectivity index (χ4v) is 0.798. The molecule has 5 heteroatoms. The third-order valence-corrected chi connectivity index (χ3v) is 1.64. The van der Waals surface area contributed by atoms with Gasteiger partial charge in [0.05, 0.1) is 6.04 Å². The Bertz CT molecular complexity index is 202. The van der Waals surface area contributed by atoms with Crippen LogP contribution in [-0.2, 0) is 9.59 Å². The minimum atomic E-state index is -1.04. The monoisotopic (exact) mass is 188 g/mol. The molecule has 0 heterocycles. The lowest BCUT2D eigenvalue weighted by molar-refractivity contribution is -0.143. The summed E-state index contributed by atoms with van der Waals surface area (Å²) in [4.78, 5) is 21.7. The van der Waals surface area contributed by atoms with Crippen LogP contribution in [0.4, 0.5) is 0 Å². The van der Waals surface area contributed by atoms with Gasteiger partial charge in [0.25, 0.3) is 0 Å². The van der Waals surface area contributed by atoms with Crippen molar-refractivity contribution in [1.29, 1.82) is 0 Å². The highest BCUT2D eigenvalue weighted by atomic mass is 16.4. The Morgan fingerprint density at radius 3 is 2.00 bits per heavy atom. The van der Waals surface area contributed by atoms with Crippen LogP contribution in [0, 0.1) is 5.92 Å². The Labute approximate surface area is 77.3 Å². The van der Waals surface area contributed by atoms with Gasteiger partial charge >= 0.3 is 5.97 Å². The number of nitrogens with two attached hydrogens (primary N) is 1. The molecule has 0 radical (unpaired) electrons. The first-order valence-corrected chi connectivity index (χ1v) is 4.15. The van der Waals surface area contributed by atoms with E-state index in [0.717, 1.165) is 0 Å². The highest BCUT2D eigenvalue weighted by molar-refractivity contribution is 5.86. The largest absolute Gasteiger partial charge is 0.480 e. The highest BCUT2D eigenvalue weighted by Gasteiger charge is 2.24. The van der Waals surface area contributed by atoms with E-state index in [0.29, 0.717) is 0 Å². The summed E-state index contributed by atoms with van der Waals surface area (Å²) < 4.78 is 0. The predicted molar refractivity (Wildman–Crippen MR) is 48.1 cm³/mol. The lowest BCUT2D eigenvalue weighted by Gasteiger charge is -2.18. The molecule has 0 spiro atoms. The molecule has 1 unspecified atom stereocenters. The van der Waals surface area contributed by atoms with Gasteiger partial charge in [-0.1, -0.05) is 13.8 Å². The van der Waals surface area contributed by atoms with Crippen LogP contribution in [0.1, 0.15) is 20.8 Å². The van der Waals surface area contributed by atoms with E-state index in [4.69, 9.17) is 10.8 Å². The highest BCUT2D eigenvalue weighted by Crippen LogP contribution is 2.01. The van der Waals surface area contributed by atoms with Gasteiger partial charge in [0.15, 0.2) is 0 Å². The maximum atomic E-state index is 11.1. The molecule has 76 valence electrons. The van der Waals surface area contributed by atoms with Gasteiger partial charge in [0.1, 0.15) is 6.04 Å². The lowest BCUT2D eigenvalue weighted by Crippen LogP contribution is -2.49. The Kier molecular flexibility index (Phi) is 4.40. The Morgan fingerprint density at radius 1 is 1.31 bits per heavy atom. The van der Waals surface area contributed by atoms with Crippen molar-refractivity contribution in [3.8, 4) is 0 Å². The summed E-state index contributed by atoms with van der Waals surface area (Å²) >= 11 is 0. The van der Waals surface area contributed by atoms with E-state index in [9.17, 15) is 9.59 Å². The van der Waals surface area contributed by atoms with E-state index in [1.807, 2.05) is 0 Å². The van der Waals surface area contributed by atoms with Crippen LogP contribution >= 0.6 is 0 Å². The quantitative estimate of drug-likeness (QED) is 0.557. The summed E-state index contributed by atoms with van der Waals surface area (Å²) in [5.41, 5.74) is 5.28. The minimum absolute atomic E-state index is 0.153. The molecular weight excluding hydrogens is 172 g/mol. The fourth-order valence-electron chi connectivity index (χ4n) is 0.798. The number of hydrogen-bond acceptors (Lipinski definition) is 3. The van der Waals surface area contributed by atoms with Crippen LogP contribution in [0.15, 0.2) is 0 Å². The summed E-state index contributed by atoms with van der Waals surface area (Å²) in [7, 11) is 0. The van der Waals surface area contributed by atoms with Crippen molar-refractivity contribution in [3.05, 3.63) is 0 Å². The van der Waals surface area contributed by atoms with Crippen LogP contribution in [0.5, 0.6) is 0 Å². The van der Waals surface area contributed by atoms with Crippen molar-refractivity contribution >= 4 is 11.9 Å². The number of rotatable bonds is 4. The molecule has 0 aromatic heterocycles. The standard InChI is InChI=1S/C8H16N2O3/c1-4(2)6(8(12)13)10-7(11)5(3)9/h4-6H,9H2,1-3H3,(H,10,11)(H,12,13)/t5-,6?/m1/s1. The molecular formula is C8H16N2O3. The number of carboxylic acids is 1. The van der Waals surface area contributed by atoms with Crippen LogP contribution < -0.4 is 11.1 Å². The number of hydrogen-bond donors (Lipinski definition) is 3. The van der Waals surface area contributed by atoms with Crippen LogP contribution in [0.3, 0.4) is 0 Å². The van der Waals surface area contributed by atoms with Gasteiger partial charge in [-0.25, -0.2) is 4.79 Å². The van der Waals surface area contributed by atoms with Crippen LogP contribution in [0.2, 0.25) is 0 Å². The van der Waals surface area contributed by atoms with E-state index in [1.54, 1.807) is 13.8 Å². The molecule has 13 heavy (non-hydrogen) atoms. The van der Waals surface area contributed by atoms with Crippen molar-refractivity contribution in [3.63, 3.8) is 0 Å². The number of carboxylic acid groups (broad SMARTS) is 1. The van der Waals surface area contributed by atoms with Crippen molar-refractivity contribution in [2.45, 2.75) is 32.9 Å². The molecule has 0 fully saturated rings. The molecule has 0 saturated heterocycles. The molecule has 1 amide bonds. The summed E-state index contributed by atoms with van der Waals surface area (Å²) in [5.74, 6) is -1.63. The Balaban J connectivity index is 4.27. The number of nitrogens with one attached hydrogen (secondary N) is 1. The summed E-state index contributed by atoms with van der Waals surface area (Å²) in [6.07, 6.45) is 0. The van der Waals surface area contributed by atoms with Crippen LogP contribution in [0.25, 0.3) is 0 Å². The van der Waals surface area contributed by atoms with Crippen molar-refractivity contribution < 1.29 is 14.7 Å². The zero-order valence-electron chi connectivity index (χ0n) is 8.07. The maximum absolute atomic E-state index is 11.1. The van der Waals surface area contributed by atoms with E-state index < -0.39 is 24.0 Å². The predicted octanol–water partition coefficient (Wildman–Crippen LogP) is -0.441. The zero-order valence-corrected chi connectivity index (χ0v) is 8.07. The Morgan fingerprint density at radius 2 is 1.77 bits per heavy atom. The van der Waals surface area contributed by atoms with Crippen LogP contribution in [-0.4, -0.2) is 29.1 Å². The number of amides is 1. The first-order chi connectivity index (χ1) is 5.86. The third kappa shape index (κ3) is 3.89. The van der Waals surface area contributed by atoms with Gasteiger partial charge in [-0.15, -0.1) is 0 Å². The first-order valence-electron chi connectivity index (χ1n) is 4.15. The van der Waals surface area contributed by atoms with Gasteiger partial charge in [-0.3, -0.25) is 4.79 Å². The molecule has 0 rings (SSSR count). The molecule has 0 aliphatic carbocycles. The lowest BCUT2D eigenvalue weighted by atomic mass is 10.0. The smallest absolute Gasteiger partial charge is 0.326 e. The SMILES string of the molecule is CC(C)C(NC(=O)[C@@H](C)N)C(=O)O. The zero-order chi connectivity index (χ0) is 10.6.